The third-order valence-electron chi connectivity index (χ3n) is 3.88. The summed E-state index contributed by atoms with van der Waals surface area (Å²) < 4.78 is 15.1. The van der Waals surface area contributed by atoms with Crippen molar-refractivity contribution in [3.63, 3.8) is 0 Å². The van der Waals surface area contributed by atoms with E-state index in [-0.39, 0.29) is 5.69 Å². The first-order valence-electron chi connectivity index (χ1n) is 6.50. The molecule has 1 heterocycles. The molecule has 1 fully saturated rings. The number of hydrogen-bond acceptors (Lipinski definition) is 4. The molecule has 1 aromatic carbocycles. The number of anilines is 1. The highest BCUT2D eigenvalue weighted by atomic mass is 19.1. The van der Waals surface area contributed by atoms with Crippen LogP contribution in [-0.2, 0) is 0 Å². The van der Waals surface area contributed by atoms with Crippen LogP contribution >= 0.6 is 0 Å². The van der Waals surface area contributed by atoms with Crippen LogP contribution in [0.5, 0.6) is 0 Å². The number of nitrogens with zero attached hydrogens (tertiary/aromatic N) is 4. The van der Waals surface area contributed by atoms with Crippen LogP contribution in [-0.4, -0.2) is 20.2 Å². The molecule has 0 saturated heterocycles. The molecule has 3 rings (SSSR count). The van der Waals surface area contributed by atoms with E-state index in [1.54, 1.807) is 12.1 Å². The molecule has 0 amide bonds. The quantitative estimate of drug-likeness (QED) is 0.843. The number of tetrazole rings is 1. The fourth-order valence-corrected chi connectivity index (χ4v) is 2.78. The second-order valence-corrected chi connectivity index (χ2v) is 5.16. The second-order valence-electron chi connectivity index (χ2n) is 5.16. The van der Waals surface area contributed by atoms with Crippen molar-refractivity contribution >= 4 is 5.69 Å². The molecule has 0 radical (unpaired) electrons. The van der Waals surface area contributed by atoms with Gasteiger partial charge in [0.1, 0.15) is 5.82 Å². The summed E-state index contributed by atoms with van der Waals surface area (Å²) in [6, 6.07) is 4.91. The maximum absolute atomic E-state index is 13.2. The molecule has 5 nitrogen and oxygen atoms in total. The third-order valence-corrected chi connectivity index (χ3v) is 3.88. The van der Waals surface area contributed by atoms with E-state index in [9.17, 15) is 4.39 Å². The molecule has 0 aliphatic heterocycles. The Bertz CT molecular complexity index is 594. The highest BCUT2D eigenvalue weighted by Gasteiger charge is 2.28. The van der Waals surface area contributed by atoms with Gasteiger partial charge in [0.15, 0.2) is 5.82 Å². The molecule has 2 atom stereocenters. The lowest BCUT2D eigenvalue weighted by molar-refractivity contribution is 0.370. The Kier molecular flexibility index (Phi) is 2.93. The predicted molar refractivity (Wildman–Crippen MR) is 69.7 cm³/mol. The van der Waals surface area contributed by atoms with E-state index in [2.05, 4.69) is 22.4 Å². The standard InChI is InChI=1S/C13H16FN5/c1-8-3-2-4-12(8)19-13(16-17-18-19)9-5-6-10(14)11(15)7-9/h5-8,12H,2-4,15H2,1H3. The second kappa shape index (κ2) is 4.60. The Balaban J connectivity index is 2.01. The Morgan fingerprint density at radius 3 is 2.89 bits per heavy atom. The van der Waals surface area contributed by atoms with E-state index in [0.29, 0.717) is 17.8 Å². The van der Waals surface area contributed by atoms with Gasteiger partial charge >= 0.3 is 0 Å². The zero-order valence-corrected chi connectivity index (χ0v) is 10.8. The minimum absolute atomic E-state index is 0.117. The highest BCUT2D eigenvalue weighted by molar-refractivity contribution is 5.61. The zero-order chi connectivity index (χ0) is 13.4. The molecule has 100 valence electrons. The van der Waals surface area contributed by atoms with Crippen LogP contribution in [0.1, 0.15) is 32.2 Å². The third kappa shape index (κ3) is 2.07. The number of nitrogen functional groups attached to an aromatic ring is 1. The van der Waals surface area contributed by atoms with Gasteiger partial charge in [0.25, 0.3) is 0 Å². The van der Waals surface area contributed by atoms with Crippen LogP contribution in [0.15, 0.2) is 18.2 Å². The SMILES string of the molecule is CC1CCCC1n1nnnc1-c1ccc(F)c(N)c1. The molecule has 2 unspecified atom stereocenters. The summed E-state index contributed by atoms with van der Waals surface area (Å²) in [6.07, 6.45) is 3.46. The zero-order valence-electron chi connectivity index (χ0n) is 10.8. The Hall–Kier alpha value is -1.98. The van der Waals surface area contributed by atoms with Gasteiger partial charge in [0.2, 0.25) is 0 Å². The predicted octanol–water partition coefficient (Wildman–Crippen LogP) is 2.42. The van der Waals surface area contributed by atoms with Crippen molar-refractivity contribution in [1.82, 2.24) is 20.2 Å². The summed E-state index contributed by atoms with van der Waals surface area (Å²) in [5.74, 6) is 0.794. The summed E-state index contributed by atoms with van der Waals surface area (Å²) >= 11 is 0. The summed E-state index contributed by atoms with van der Waals surface area (Å²) in [4.78, 5) is 0. The van der Waals surface area contributed by atoms with Crippen molar-refractivity contribution in [3.05, 3.63) is 24.0 Å². The van der Waals surface area contributed by atoms with Gasteiger partial charge in [0, 0.05) is 5.56 Å². The molecule has 19 heavy (non-hydrogen) atoms. The summed E-state index contributed by atoms with van der Waals surface area (Å²) in [5, 5.41) is 11.9. The normalized spacial score (nSPS) is 22.8. The Labute approximate surface area is 110 Å². The molecule has 6 heteroatoms. The van der Waals surface area contributed by atoms with Gasteiger partial charge in [-0.1, -0.05) is 13.3 Å². The molecule has 2 N–H and O–H groups in total. The maximum atomic E-state index is 13.2. The number of hydrogen-bond donors (Lipinski definition) is 1. The van der Waals surface area contributed by atoms with Gasteiger partial charge < -0.3 is 5.73 Å². The average molecular weight is 261 g/mol. The summed E-state index contributed by atoms with van der Waals surface area (Å²) in [5.41, 5.74) is 6.47. The molecular formula is C13H16FN5. The van der Waals surface area contributed by atoms with E-state index in [1.807, 2.05) is 4.68 Å². The molecule has 2 aromatic rings. The topological polar surface area (TPSA) is 69.6 Å². The smallest absolute Gasteiger partial charge is 0.182 e. The largest absolute Gasteiger partial charge is 0.396 e. The van der Waals surface area contributed by atoms with E-state index < -0.39 is 5.82 Å². The van der Waals surface area contributed by atoms with E-state index in [0.717, 1.165) is 12.0 Å². The lowest BCUT2D eigenvalue weighted by Gasteiger charge is -2.16. The molecule has 0 bridgehead atoms. The van der Waals surface area contributed by atoms with Crippen molar-refractivity contribution in [2.24, 2.45) is 5.92 Å². The first-order valence-corrected chi connectivity index (χ1v) is 6.50. The summed E-state index contributed by atoms with van der Waals surface area (Å²) in [7, 11) is 0. The fraction of sp³-hybridized carbons (Fsp3) is 0.462. The van der Waals surface area contributed by atoms with Crippen molar-refractivity contribution in [1.29, 1.82) is 0 Å². The number of aromatic nitrogens is 4. The van der Waals surface area contributed by atoms with Crippen LogP contribution in [0.25, 0.3) is 11.4 Å². The van der Waals surface area contributed by atoms with Gasteiger partial charge in [-0.2, -0.15) is 0 Å². The van der Waals surface area contributed by atoms with Gasteiger partial charge in [-0.15, -0.1) is 5.10 Å². The molecule has 1 saturated carbocycles. The first kappa shape index (κ1) is 12.1. The summed E-state index contributed by atoms with van der Waals surface area (Å²) in [6.45, 7) is 2.21. The van der Waals surface area contributed by atoms with Crippen molar-refractivity contribution in [3.8, 4) is 11.4 Å². The monoisotopic (exact) mass is 261 g/mol. The van der Waals surface area contributed by atoms with Crippen molar-refractivity contribution in [2.45, 2.75) is 32.2 Å². The fourth-order valence-electron chi connectivity index (χ4n) is 2.78. The van der Waals surface area contributed by atoms with E-state index in [1.165, 1.54) is 18.9 Å². The lowest BCUT2D eigenvalue weighted by atomic mass is 10.1. The maximum Gasteiger partial charge on any atom is 0.182 e. The molecule has 1 aliphatic carbocycles. The lowest BCUT2D eigenvalue weighted by Crippen LogP contribution is -2.14. The Morgan fingerprint density at radius 2 is 2.21 bits per heavy atom. The van der Waals surface area contributed by atoms with Crippen LogP contribution in [0.2, 0.25) is 0 Å². The minimum Gasteiger partial charge on any atom is -0.396 e. The van der Waals surface area contributed by atoms with Crippen LogP contribution < -0.4 is 5.73 Å². The highest BCUT2D eigenvalue weighted by Crippen LogP contribution is 2.36. The van der Waals surface area contributed by atoms with Crippen molar-refractivity contribution in [2.75, 3.05) is 5.73 Å². The minimum atomic E-state index is -0.419. The molecular weight excluding hydrogens is 245 g/mol. The molecule has 1 aromatic heterocycles. The van der Waals surface area contributed by atoms with Crippen LogP contribution in [0.4, 0.5) is 10.1 Å². The van der Waals surface area contributed by atoms with Gasteiger partial charge in [-0.3, -0.25) is 0 Å². The van der Waals surface area contributed by atoms with E-state index in [4.69, 9.17) is 5.73 Å². The molecule has 1 aliphatic rings. The average Bonchev–Trinajstić information content (AvgIpc) is 3.00. The molecule has 0 spiro atoms. The van der Waals surface area contributed by atoms with E-state index >= 15 is 0 Å². The number of benzene rings is 1. The van der Waals surface area contributed by atoms with Gasteiger partial charge in [-0.25, -0.2) is 9.07 Å². The van der Waals surface area contributed by atoms with Crippen LogP contribution in [0.3, 0.4) is 0 Å². The Morgan fingerprint density at radius 1 is 1.37 bits per heavy atom. The number of halogens is 1. The number of rotatable bonds is 2. The van der Waals surface area contributed by atoms with Gasteiger partial charge in [0.05, 0.1) is 11.7 Å². The van der Waals surface area contributed by atoms with Crippen molar-refractivity contribution < 1.29 is 4.39 Å². The number of nitrogens with two attached hydrogens (primary N) is 1. The first-order chi connectivity index (χ1) is 9.16. The van der Waals surface area contributed by atoms with Crippen LogP contribution in [0, 0.1) is 11.7 Å². The van der Waals surface area contributed by atoms with Gasteiger partial charge in [-0.05, 0) is 47.4 Å².